The van der Waals surface area contributed by atoms with Crippen LogP contribution in [0.15, 0.2) is 58.5 Å². The predicted octanol–water partition coefficient (Wildman–Crippen LogP) is 3.49. The normalized spacial score (nSPS) is 16.5. The highest BCUT2D eigenvalue weighted by Crippen LogP contribution is 2.34. The molecule has 1 aromatic carbocycles. The summed E-state index contributed by atoms with van der Waals surface area (Å²) >= 11 is 1.67. The van der Waals surface area contributed by atoms with Crippen molar-refractivity contribution in [2.45, 2.75) is 25.1 Å². The minimum Gasteiger partial charge on any atom is -0.491 e. The summed E-state index contributed by atoms with van der Waals surface area (Å²) in [6.07, 6.45) is 1.63. The maximum atomic E-state index is 13.6. The molecule has 3 heterocycles. The van der Waals surface area contributed by atoms with Crippen LogP contribution >= 0.6 is 11.3 Å². The fourth-order valence-corrected chi connectivity index (χ4v) is 5.17. The van der Waals surface area contributed by atoms with E-state index < -0.39 is 6.10 Å². The average molecular weight is 489 g/mol. The Kier molecular flexibility index (Phi) is 8.34. The molecule has 2 aromatic heterocycles. The minimum absolute atomic E-state index is 0.0686. The Morgan fingerprint density at radius 1 is 1.35 bits per heavy atom. The number of nitrogens with zero attached hydrogens (tertiary/aromatic N) is 2. The molecule has 0 spiro atoms. The van der Waals surface area contributed by atoms with Crippen LogP contribution in [0.2, 0.25) is 0 Å². The highest BCUT2D eigenvalue weighted by atomic mass is 32.1. The molecular weight excluding hydrogens is 459 g/mol. The molecular formula is C25H29FN2O5S. The average Bonchev–Trinajstić information content (AvgIpc) is 3.49. The van der Waals surface area contributed by atoms with Crippen LogP contribution < -0.4 is 4.74 Å². The van der Waals surface area contributed by atoms with E-state index in [0.29, 0.717) is 24.6 Å². The van der Waals surface area contributed by atoms with E-state index >= 15 is 0 Å². The third-order valence-electron chi connectivity index (χ3n) is 5.77. The summed E-state index contributed by atoms with van der Waals surface area (Å²) in [4.78, 5) is 18.4. The number of rotatable bonds is 11. The molecule has 182 valence electrons. The Balaban J connectivity index is 1.48. The Labute approximate surface area is 202 Å². The smallest absolute Gasteiger partial charge is 0.237 e. The van der Waals surface area contributed by atoms with E-state index in [4.69, 9.17) is 13.9 Å². The standard InChI is InChI=1S/C25H29FN2O5S/c1-31-16-19(29)13-27(14-21-6-3-10-32-21)15-25(30)28-9-7-24-22(8-11-34-24)23(28)17-33-20-5-2-4-18(26)12-20/h2-6,8,10-12,19,23,29H,7,9,13-17H2,1H3/t19-,23-/m1/s1. The summed E-state index contributed by atoms with van der Waals surface area (Å²) in [6, 6.07) is 11.4. The van der Waals surface area contributed by atoms with Crippen molar-refractivity contribution in [3.63, 3.8) is 0 Å². The quantitative estimate of drug-likeness (QED) is 0.445. The lowest BCUT2D eigenvalue weighted by Crippen LogP contribution is -2.47. The van der Waals surface area contributed by atoms with Crippen LogP contribution in [0.5, 0.6) is 5.75 Å². The molecule has 0 saturated heterocycles. The Morgan fingerprint density at radius 2 is 2.24 bits per heavy atom. The Bertz CT molecular complexity index is 1060. The van der Waals surface area contributed by atoms with Crippen LogP contribution in [-0.2, 0) is 22.5 Å². The number of amides is 1. The largest absolute Gasteiger partial charge is 0.491 e. The molecule has 0 saturated carbocycles. The van der Waals surface area contributed by atoms with Crippen molar-refractivity contribution >= 4 is 17.2 Å². The van der Waals surface area contributed by atoms with Gasteiger partial charge in [0.25, 0.3) is 0 Å². The zero-order valence-electron chi connectivity index (χ0n) is 19.1. The SMILES string of the molecule is COC[C@H](O)CN(CC(=O)N1CCc2sccc2[C@H]1COc1cccc(F)c1)Cc1ccco1. The molecule has 2 atom stereocenters. The number of carbonyl (C=O) groups excluding carboxylic acids is 1. The first-order valence-electron chi connectivity index (χ1n) is 11.2. The summed E-state index contributed by atoms with van der Waals surface area (Å²) < 4.78 is 30.0. The van der Waals surface area contributed by atoms with Crippen LogP contribution in [0.4, 0.5) is 4.39 Å². The van der Waals surface area contributed by atoms with Crippen LogP contribution in [0.1, 0.15) is 22.2 Å². The van der Waals surface area contributed by atoms with Gasteiger partial charge in [0.05, 0.1) is 38.1 Å². The molecule has 1 N–H and O–H groups in total. The third kappa shape index (κ3) is 6.24. The highest BCUT2D eigenvalue weighted by molar-refractivity contribution is 7.10. The molecule has 34 heavy (non-hydrogen) atoms. The van der Waals surface area contributed by atoms with E-state index in [2.05, 4.69) is 0 Å². The van der Waals surface area contributed by atoms with E-state index in [0.717, 1.165) is 12.0 Å². The van der Waals surface area contributed by atoms with Crippen LogP contribution in [0.25, 0.3) is 0 Å². The Hall–Kier alpha value is -2.72. The van der Waals surface area contributed by atoms with E-state index in [1.165, 1.54) is 24.1 Å². The number of hydrogen-bond acceptors (Lipinski definition) is 7. The van der Waals surface area contributed by atoms with Crippen molar-refractivity contribution < 1.29 is 28.2 Å². The number of carbonyl (C=O) groups is 1. The maximum Gasteiger partial charge on any atom is 0.237 e. The van der Waals surface area contributed by atoms with Crippen molar-refractivity contribution in [2.24, 2.45) is 0 Å². The van der Waals surface area contributed by atoms with Crippen molar-refractivity contribution in [1.29, 1.82) is 0 Å². The topological polar surface area (TPSA) is 75.4 Å². The first-order chi connectivity index (χ1) is 16.5. The van der Waals surface area contributed by atoms with Crippen molar-refractivity contribution in [2.75, 3.05) is 40.0 Å². The van der Waals surface area contributed by atoms with Gasteiger partial charge in [-0.2, -0.15) is 0 Å². The van der Waals surface area contributed by atoms with Gasteiger partial charge in [0.2, 0.25) is 5.91 Å². The number of aliphatic hydroxyl groups is 1. The van der Waals surface area contributed by atoms with E-state index in [1.54, 1.807) is 35.8 Å². The number of benzene rings is 1. The van der Waals surface area contributed by atoms with Crippen molar-refractivity contribution in [3.8, 4) is 5.75 Å². The second-order valence-corrected chi connectivity index (χ2v) is 9.28. The van der Waals surface area contributed by atoms with Gasteiger partial charge in [-0.3, -0.25) is 9.69 Å². The summed E-state index contributed by atoms with van der Waals surface area (Å²) in [7, 11) is 1.53. The molecule has 0 unspecified atom stereocenters. The molecule has 0 aliphatic carbocycles. The number of halogens is 1. The third-order valence-corrected chi connectivity index (χ3v) is 6.76. The zero-order chi connectivity index (χ0) is 23.9. The van der Waals surface area contributed by atoms with Crippen molar-refractivity contribution in [3.05, 3.63) is 76.1 Å². The summed E-state index contributed by atoms with van der Waals surface area (Å²) in [5.74, 6) is 0.702. The molecule has 1 aliphatic rings. The maximum absolute atomic E-state index is 13.6. The van der Waals surface area contributed by atoms with Gasteiger partial charge < -0.3 is 23.9 Å². The van der Waals surface area contributed by atoms with Crippen LogP contribution in [0.3, 0.4) is 0 Å². The monoisotopic (exact) mass is 488 g/mol. The number of furan rings is 1. The van der Waals surface area contributed by atoms with E-state index in [1.807, 2.05) is 27.3 Å². The van der Waals surface area contributed by atoms with E-state index in [-0.39, 0.29) is 44.1 Å². The van der Waals surface area contributed by atoms with Gasteiger partial charge in [0.15, 0.2) is 0 Å². The number of methoxy groups -OCH3 is 1. The first kappa shape index (κ1) is 24.4. The van der Waals surface area contributed by atoms with Gasteiger partial charge in [-0.25, -0.2) is 4.39 Å². The number of hydrogen-bond donors (Lipinski definition) is 1. The molecule has 0 radical (unpaired) electrons. The molecule has 9 heteroatoms. The molecule has 3 aromatic rings. The van der Waals surface area contributed by atoms with Gasteiger partial charge in [-0.1, -0.05) is 6.07 Å². The number of aliphatic hydroxyl groups excluding tert-OH is 1. The molecule has 1 amide bonds. The van der Waals surface area contributed by atoms with E-state index in [9.17, 15) is 14.3 Å². The van der Waals surface area contributed by atoms with Gasteiger partial charge >= 0.3 is 0 Å². The number of thiophene rings is 1. The molecule has 1 aliphatic heterocycles. The lowest BCUT2D eigenvalue weighted by molar-refractivity contribution is -0.136. The second kappa shape index (κ2) is 11.6. The number of ether oxygens (including phenoxy) is 2. The summed E-state index contributed by atoms with van der Waals surface area (Å²) in [6.45, 7) is 1.73. The Morgan fingerprint density at radius 3 is 3.00 bits per heavy atom. The molecule has 7 nitrogen and oxygen atoms in total. The summed E-state index contributed by atoms with van der Waals surface area (Å²) in [5, 5.41) is 12.3. The van der Waals surface area contributed by atoms with Gasteiger partial charge in [-0.15, -0.1) is 11.3 Å². The summed E-state index contributed by atoms with van der Waals surface area (Å²) in [5.41, 5.74) is 1.07. The molecule has 0 fully saturated rings. The minimum atomic E-state index is -0.732. The predicted molar refractivity (Wildman–Crippen MR) is 126 cm³/mol. The molecule has 0 bridgehead atoms. The van der Waals surface area contributed by atoms with Gasteiger partial charge in [0, 0.05) is 31.1 Å². The zero-order valence-corrected chi connectivity index (χ0v) is 19.9. The first-order valence-corrected chi connectivity index (χ1v) is 12.1. The second-order valence-electron chi connectivity index (χ2n) is 8.28. The molecule has 4 rings (SSSR count). The fraction of sp³-hybridized carbons (Fsp3) is 0.400. The van der Waals surface area contributed by atoms with Gasteiger partial charge in [0.1, 0.15) is 23.9 Å². The van der Waals surface area contributed by atoms with Gasteiger partial charge in [-0.05, 0) is 47.7 Å². The van der Waals surface area contributed by atoms with Crippen LogP contribution in [-0.4, -0.2) is 66.9 Å². The van der Waals surface area contributed by atoms with Crippen molar-refractivity contribution in [1.82, 2.24) is 9.80 Å². The highest BCUT2D eigenvalue weighted by Gasteiger charge is 2.33. The number of fused-ring (bicyclic) bond motifs is 1. The van der Waals surface area contributed by atoms with Crippen LogP contribution in [0, 0.1) is 5.82 Å². The lowest BCUT2D eigenvalue weighted by atomic mass is 10.0. The lowest BCUT2D eigenvalue weighted by Gasteiger charge is -2.37. The fourth-order valence-electron chi connectivity index (χ4n) is 4.24.